The number of aryl methyl sites for hydroxylation is 1. The predicted octanol–water partition coefficient (Wildman–Crippen LogP) is 5.14. The summed E-state index contributed by atoms with van der Waals surface area (Å²) in [7, 11) is 0. The third kappa shape index (κ3) is 7.41. The van der Waals surface area contributed by atoms with Gasteiger partial charge in [-0.25, -0.2) is 4.98 Å². The molecule has 3 aromatic rings. The van der Waals surface area contributed by atoms with Crippen LogP contribution in [0.2, 0.25) is 0 Å². The van der Waals surface area contributed by atoms with E-state index in [9.17, 15) is 0 Å². The van der Waals surface area contributed by atoms with E-state index in [4.69, 9.17) is 10.1 Å². The van der Waals surface area contributed by atoms with Crippen LogP contribution in [-0.2, 0) is 6.54 Å². The molecule has 3 rings (SSSR count). The maximum absolute atomic E-state index is 8.07. The minimum atomic E-state index is 0.282. The molecule has 152 valence electrons. The predicted molar refractivity (Wildman–Crippen MR) is 117 cm³/mol. The molecule has 0 aliphatic rings. The van der Waals surface area contributed by atoms with Crippen LogP contribution in [0.25, 0.3) is 0 Å². The van der Waals surface area contributed by atoms with Gasteiger partial charge in [-0.05, 0) is 49.2 Å². The van der Waals surface area contributed by atoms with Gasteiger partial charge in [-0.15, -0.1) is 0 Å². The first-order chi connectivity index (χ1) is 14.3. The van der Waals surface area contributed by atoms with Crippen LogP contribution in [-0.4, -0.2) is 27.0 Å². The molecule has 0 aliphatic carbocycles. The van der Waals surface area contributed by atoms with Gasteiger partial charge in [0.25, 0.3) is 0 Å². The quantitative estimate of drug-likeness (QED) is 0.255. The Hall–Kier alpha value is -3.15. The molecular weight excluding hydrogens is 362 g/mol. The highest BCUT2D eigenvalue weighted by molar-refractivity contribution is 6.04. The van der Waals surface area contributed by atoms with Crippen LogP contribution in [0.3, 0.4) is 0 Å². The van der Waals surface area contributed by atoms with Crippen LogP contribution in [0.5, 0.6) is 5.75 Å². The average Bonchev–Trinajstić information content (AvgIpc) is 3.28. The second-order valence-electron chi connectivity index (χ2n) is 7.01. The summed E-state index contributed by atoms with van der Waals surface area (Å²) in [6.45, 7) is 1.81. The normalized spacial score (nSPS) is 10.6. The number of hydrogen-bond donors (Lipinski definition) is 2. The van der Waals surface area contributed by atoms with Crippen molar-refractivity contribution in [1.82, 2.24) is 14.5 Å². The highest BCUT2D eigenvalue weighted by Gasteiger charge is 2.03. The molecule has 0 radical (unpaired) electrons. The van der Waals surface area contributed by atoms with Gasteiger partial charge in [0.2, 0.25) is 0 Å². The van der Waals surface area contributed by atoms with Crippen molar-refractivity contribution < 1.29 is 4.74 Å². The largest absolute Gasteiger partial charge is 0.494 e. The molecule has 0 spiro atoms. The van der Waals surface area contributed by atoms with E-state index < -0.39 is 0 Å². The van der Waals surface area contributed by atoms with Crippen molar-refractivity contribution in [3.05, 3.63) is 73.1 Å². The lowest BCUT2D eigenvalue weighted by atomic mass is 10.1. The molecule has 0 unspecified atom stereocenters. The van der Waals surface area contributed by atoms with E-state index in [1.165, 1.54) is 32.1 Å². The number of ether oxygens (including phenoxy) is 1. The highest BCUT2D eigenvalue weighted by Crippen LogP contribution is 2.17. The standard InChI is InChI=1S/C23H29N5O/c24-23(22-9-5-6-14-26-22)27-20-10-12-21(13-11-20)29-18-8-4-2-1-3-7-16-28-17-15-25-19-28/h5-6,9-15,17,19H,1-4,7-8,16,18H2,(H2,24,27). The minimum absolute atomic E-state index is 0.282. The van der Waals surface area contributed by atoms with Crippen LogP contribution in [0.15, 0.2) is 67.4 Å². The first-order valence-electron chi connectivity index (χ1n) is 10.3. The Bertz CT molecular complexity index is 831. The summed E-state index contributed by atoms with van der Waals surface area (Å²) >= 11 is 0. The second-order valence-corrected chi connectivity index (χ2v) is 7.01. The lowest BCUT2D eigenvalue weighted by Crippen LogP contribution is -2.13. The van der Waals surface area contributed by atoms with Gasteiger partial charge in [-0.1, -0.05) is 31.7 Å². The summed E-state index contributed by atoms with van der Waals surface area (Å²) in [5.74, 6) is 1.14. The first-order valence-corrected chi connectivity index (χ1v) is 10.3. The third-order valence-corrected chi connectivity index (χ3v) is 4.68. The summed E-state index contributed by atoms with van der Waals surface area (Å²) in [5, 5.41) is 11.1. The van der Waals surface area contributed by atoms with Crippen LogP contribution in [0.4, 0.5) is 5.69 Å². The number of anilines is 1. The van der Waals surface area contributed by atoms with E-state index in [0.29, 0.717) is 5.69 Å². The molecule has 0 bridgehead atoms. The Morgan fingerprint density at radius 3 is 2.45 bits per heavy atom. The zero-order valence-electron chi connectivity index (χ0n) is 16.8. The molecule has 0 saturated heterocycles. The lowest BCUT2D eigenvalue weighted by Gasteiger charge is -2.09. The molecule has 2 aromatic heterocycles. The number of imidazole rings is 1. The first kappa shape index (κ1) is 20.6. The van der Waals surface area contributed by atoms with Gasteiger partial charge >= 0.3 is 0 Å². The molecule has 6 nitrogen and oxygen atoms in total. The number of nitrogens with one attached hydrogen (secondary N) is 2. The minimum Gasteiger partial charge on any atom is -0.494 e. The maximum Gasteiger partial charge on any atom is 0.148 e. The average molecular weight is 392 g/mol. The van der Waals surface area contributed by atoms with Crippen molar-refractivity contribution >= 4 is 11.5 Å². The van der Waals surface area contributed by atoms with E-state index in [1.807, 2.05) is 61.2 Å². The summed E-state index contributed by atoms with van der Waals surface area (Å²) in [6.07, 6.45) is 14.7. The van der Waals surface area contributed by atoms with Crippen molar-refractivity contribution in [1.29, 1.82) is 5.41 Å². The molecule has 0 fully saturated rings. The number of hydrogen-bond acceptors (Lipinski definition) is 4. The zero-order valence-corrected chi connectivity index (χ0v) is 16.8. The van der Waals surface area contributed by atoms with E-state index in [1.54, 1.807) is 6.20 Å². The number of rotatable bonds is 12. The smallest absolute Gasteiger partial charge is 0.148 e. The fourth-order valence-electron chi connectivity index (χ4n) is 3.07. The molecule has 0 saturated carbocycles. The van der Waals surface area contributed by atoms with Crippen LogP contribution in [0.1, 0.15) is 44.2 Å². The maximum atomic E-state index is 8.07. The van der Waals surface area contributed by atoms with E-state index in [-0.39, 0.29) is 5.84 Å². The van der Waals surface area contributed by atoms with Crippen molar-refractivity contribution in [3.8, 4) is 5.75 Å². The van der Waals surface area contributed by atoms with Crippen molar-refractivity contribution in [2.45, 2.75) is 45.1 Å². The molecule has 0 aliphatic heterocycles. The number of nitrogens with zero attached hydrogens (tertiary/aromatic N) is 3. The number of aromatic nitrogens is 3. The number of amidine groups is 1. The third-order valence-electron chi connectivity index (χ3n) is 4.68. The second kappa shape index (κ2) is 11.6. The van der Waals surface area contributed by atoms with Gasteiger partial charge in [0, 0.05) is 30.8 Å². The fourth-order valence-corrected chi connectivity index (χ4v) is 3.07. The Labute approximate surface area is 172 Å². The zero-order chi connectivity index (χ0) is 20.2. The molecule has 2 N–H and O–H groups in total. The molecule has 6 heteroatoms. The molecule has 2 heterocycles. The molecule has 29 heavy (non-hydrogen) atoms. The van der Waals surface area contributed by atoms with E-state index >= 15 is 0 Å². The Morgan fingerprint density at radius 1 is 0.931 bits per heavy atom. The summed E-state index contributed by atoms with van der Waals surface area (Å²) in [4.78, 5) is 8.23. The highest BCUT2D eigenvalue weighted by atomic mass is 16.5. The molecule has 0 atom stereocenters. The Balaban J connectivity index is 1.24. The lowest BCUT2D eigenvalue weighted by molar-refractivity contribution is 0.304. The van der Waals surface area contributed by atoms with Crippen LogP contribution >= 0.6 is 0 Å². The van der Waals surface area contributed by atoms with Gasteiger partial charge in [0.15, 0.2) is 0 Å². The summed E-state index contributed by atoms with van der Waals surface area (Å²) < 4.78 is 7.96. The summed E-state index contributed by atoms with van der Waals surface area (Å²) in [6, 6.07) is 13.2. The van der Waals surface area contributed by atoms with Crippen LogP contribution in [0, 0.1) is 5.41 Å². The monoisotopic (exact) mass is 391 g/mol. The van der Waals surface area contributed by atoms with Gasteiger partial charge in [0.1, 0.15) is 17.3 Å². The molecule has 0 amide bonds. The van der Waals surface area contributed by atoms with Crippen molar-refractivity contribution in [3.63, 3.8) is 0 Å². The van der Waals surface area contributed by atoms with Gasteiger partial charge in [0.05, 0.1) is 12.9 Å². The van der Waals surface area contributed by atoms with E-state index in [0.717, 1.165) is 31.0 Å². The number of benzene rings is 1. The summed E-state index contributed by atoms with van der Waals surface area (Å²) in [5.41, 5.74) is 1.47. The van der Waals surface area contributed by atoms with Gasteiger partial charge < -0.3 is 14.6 Å². The van der Waals surface area contributed by atoms with E-state index in [2.05, 4.69) is 19.9 Å². The van der Waals surface area contributed by atoms with Crippen molar-refractivity contribution in [2.24, 2.45) is 0 Å². The number of pyridine rings is 1. The molecular formula is C23H29N5O. The van der Waals surface area contributed by atoms with Gasteiger partial charge in [-0.3, -0.25) is 10.4 Å². The van der Waals surface area contributed by atoms with Crippen LogP contribution < -0.4 is 10.1 Å². The van der Waals surface area contributed by atoms with Crippen molar-refractivity contribution in [2.75, 3.05) is 11.9 Å². The topological polar surface area (TPSA) is 75.8 Å². The molecule has 1 aromatic carbocycles. The number of unbranched alkanes of at least 4 members (excludes halogenated alkanes) is 5. The fraction of sp³-hybridized carbons (Fsp3) is 0.348. The van der Waals surface area contributed by atoms with Gasteiger partial charge in [-0.2, -0.15) is 0 Å². The Morgan fingerprint density at radius 2 is 1.72 bits per heavy atom. The SMILES string of the molecule is N=C(Nc1ccc(OCCCCCCCCn2ccnc2)cc1)c1ccccn1. The Kier molecular flexibility index (Phi) is 8.26.